The minimum atomic E-state index is -0.862. The summed E-state index contributed by atoms with van der Waals surface area (Å²) >= 11 is 12.5. The van der Waals surface area contributed by atoms with Gasteiger partial charge in [0.2, 0.25) is 5.88 Å². The second-order valence-electron chi connectivity index (χ2n) is 8.27. The lowest BCUT2D eigenvalue weighted by atomic mass is 9.94. The maximum Gasteiger partial charge on any atom is 0.303 e. The van der Waals surface area contributed by atoms with Crippen molar-refractivity contribution in [2.75, 3.05) is 13.1 Å². The summed E-state index contributed by atoms with van der Waals surface area (Å²) in [5.41, 5.74) is 1.46. The molecule has 1 fully saturated rings. The Morgan fingerprint density at radius 3 is 2.71 bits per heavy atom. The number of hydrogen-bond donors (Lipinski definition) is 1. The number of piperidine rings is 1. The Labute approximate surface area is 205 Å². The summed E-state index contributed by atoms with van der Waals surface area (Å²) in [6.07, 6.45) is 2.31. The molecule has 0 bridgehead atoms. The Morgan fingerprint density at radius 1 is 1.26 bits per heavy atom. The molecular formula is C24H22Cl2FN3O4. The highest BCUT2D eigenvalue weighted by Crippen LogP contribution is 2.38. The molecule has 4 rings (SSSR count). The number of rotatable bonds is 6. The van der Waals surface area contributed by atoms with Gasteiger partial charge in [0.05, 0.1) is 10.0 Å². The number of hydrogen-bond acceptors (Lipinski definition) is 5. The standard InChI is InChI=1S/C24H22Cl2FN3O4/c1-13(24(33)30-8-2-3-14(12-30)9-21(31)32)34-20-5-4-17-16(6-7-28-23(17)29-20)22-18(25)10-15(27)11-19(22)26/h4-7,10-11,13-14H,2-3,8-9,12H2,1H3,(H,31,32)/t13?,14-/m1/s1. The fourth-order valence-electron chi connectivity index (χ4n) is 4.26. The number of carbonyl (C=O) groups excluding carboxylic acids is 1. The number of nitrogens with zero attached hydrogens (tertiary/aromatic N) is 3. The average molecular weight is 506 g/mol. The summed E-state index contributed by atoms with van der Waals surface area (Å²) in [6.45, 7) is 2.60. The first-order valence-corrected chi connectivity index (χ1v) is 11.6. The monoisotopic (exact) mass is 505 g/mol. The van der Waals surface area contributed by atoms with Crippen LogP contribution in [0.4, 0.5) is 4.39 Å². The van der Waals surface area contributed by atoms with Gasteiger partial charge in [0, 0.05) is 42.7 Å². The number of likely N-dealkylation sites (tertiary alicyclic amines) is 1. The third kappa shape index (κ3) is 5.23. The first-order valence-electron chi connectivity index (χ1n) is 10.8. The Morgan fingerprint density at radius 2 is 2.00 bits per heavy atom. The van der Waals surface area contributed by atoms with Crippen molar-refractivity contribution >= 4 is 46.1 Å². The van der Waals surface area contributed by atoms with E-state index in [2.05, 4.69) is 9.97 Å². The quantitative estimate of drug-likeness (QED) is 0.493. The van der Waals surface area contributed by atoms with Crippen molar-refractivity contribution in [1.29, 1.82) is 0 Å². The van der Waals surface area contributed by atoms with Gasteiger partial charge in [-0.25, -0.2) is 9.37 Å². The maximum absolute atomic E-state index is 13.6. The van der Waals surface area contributed by atoms with E-state index in [1.807, 2.05) is 0 Å². The normalized spacial score (nSPS) is 16.9. The highest BCUT2D eigenvalue weighted by atomic mass is 35.5. The van der Waals surface area contributed by atoms with E-state index in [4.69, 9.17) is 33.0 Å². The van der Waals surface area contributed by atoms with Crippen LogP contribution in [-0.4, -0.2) is 51.0 Å². The van der Waals surface area contributed by atoms with E-state index in [0.29, 0.717) is 35.2 Å². The van der Waals surface area contributed by atoms with Crippen LogP contribution in [0.2, 0.25) is 10.0 Å². The molecule has 1 unspecified atom stereocenters. The van der Waals surface area contributed by atoms with Crippen molar-refractivity contribution in [3.63, 3.8) is 0 Å². The molecular weight excluding hydrogens is 484 g/mol. The van der Waals surface area contributed by atoms with E-state index < -0.39 is 17.9 Å². The second-order valence-corrected chi connectivity index (χ2v) is 9.09. The van der Waals surface area contributed by atoms with Crippen LogP contribution in [0.15, 0.2) is 36.5 Å². The summed E-state index contributed by atoms with van der Waals surface area (Å²) < 4.78 is 19.4. The molecule has 2 atom stereocenters. The molecule has 34 heavy (non-hydrogen) atoms. The Kier molecular flexibility index (Phi) is 7.19. The van der Waals surface area contributed by atoms with Crippen molar-refractivity contribution in [2.45, 2.75) is 32.3 Å². The molecule has 0 radical (unpaired) electrons. The summed E-state index contributed by atoms with van der Waals surface area (Å²) in [5.74, 6) is -1.46. The van der Waals surface area contributed by atoms with Crippen molar-refractivity contribution in [3.8, 4) is 17.0 Å². The third-order valence-corrected chi connectivity index (χ3v) is 6.39. The lowest BCUT2D eigenvalue weighted by molar-refractivity contribution is -0.143. The molecule has 1 amide bonds. The molecule has 1 aliphatic heterocycles. The van der Waals surface area contributed by atoms with Crippen molar-refractivity contribution in [2.24, 2.45) is 5.92 Å². The number of pyridine rings is 2. The zero-order chi connectivity index (χ0) is 24.4. The highest BCUT2D eigenvalue weighted by Gasteiger charge is 2.29. The van der Waals surface area contributed by atoms with Crippen LogP contribution in [0, 0.1) is 11.7 Å². The SMILES string of the molecule is CC(Oc1ccc2c(-c3c(Cl)cc(F)cc3Cl)ccnc2n1)C(=O)N1CCC[C@H](CC(=O)O)C1. The van der Waals surface area contributed by atoms with Gasteiger partial charge in [-0.3, -0.25) is 9.59 Å². The van der Waals surface area contributed by atoms with Crippen molar-refractivity contribution < 1.29 is 23.8 Å². The van der Waals surface area contributed by atoms with E-state index in [-0.39, 0.29) is 34.2 Å². The van der Waals surface area contributed by atoms with Crippen LogP contribution in [0.1, 0.15) is 26.2 Å². The van der Waals surface area contributed by atoms with E-state index in [1.165, 1.54) is 18.3 Å². The van der Waals surface area contributed by atoms with Gasteiger partial charge in [-0.2, -0.15) is 4.98 Å². The summed E-state index contributed by atoms with van der Waals surface area (Å²) in [7, 11) is 0. The number of aromatic nitrogens is 2. The van der Waals surface area contributed by atoms with Gasteiger partial charge in [-0.05, 0) is 55.5 Å². The fraction of sp³-hybridized carbons (Fsp3) is 0.333. The first-order chi connectivity index (χ1) is 16.2. The zero-order valence-electron chi connectivity index (χ0n) is 18.3. The molecule has 1 N–H and O–H groups in total. The fourth-order valence-corrected chi connectivity index (χ4v) is 4.93. The molecule has 10 heteroatoms. The van der Waals surface area contributed by atoms with Crippen LogP contribution in [-0.2, 0) is 9.59 Å². The highest BCUT2D eigenvalue weighted by molar-refractivity contribution is 6.39. The Bertz CT molecular complexity index is 1230. The number of benzene rings is 1. The van der Waals surface area contributed by atoms with Crippen LogP contribution in [0.25, 0.3) is 22.2 Å². The molecule has 1 aliphatic rings. The van der Waals surface area contributed by atoms with Crippen LogP contribution < -0.4 is 4.74 Å². The van der Waals surface area contributed by atoms with Crippen molar-refractivity contribution in [1.82, 2.24) is 14.9 Å². The Hall–Kier alpha value is -2.97. The van der Waals surface area contributed by atoms with Gasteiger partial charge >= 0.3 is 5.97 Å². The summed E-state index contributed by atoms with van der Waals surface area (Å²) in [4.78, 5) is 34.3. The van der Waals surface area contributed by atoms with Crippen molar-refractivity contribution in [3.05, 3.63) is 52.4 Å². The molecule has 3 aromatic rings. The molecule has 3 heterocycles. The molecule has 178 valence electrons. The predicted octanol–water partition coefficient (Wildman–Crippen LogP) is 5.22. The minimum Gasteiger partial charge on any atom is -0.481 e. The number of carboxylic acids is 1. The van der Waals surface area contributed by atoms with Gasteiger partial charge in [0.15, 0.2) is 11.8 Å². The molecule has 0 spiro atoms. The number of fused-ring (bicyclic) bond motifs is 1. The molecule has 0 aliphatic carbocycles. The molecule has 7 nitrogen and oxygen atoms in total. The minimum absolute atomic E-state index is 0.0430. The molecule has 2 aromatic heterocycles. The number of amides is 1. The molecule has 1 saturated heterocycles. The van der Waals surface area contributed by atoms with Gasteiger partial charge in [-0.1, -0.05) is 23.2 Å². The van der Waals surface area contributed by atoms with E-state index >= 15 is 0 Å². The van der Waals surface area contributed by atoms with Crippen LogP contribution >= 0.6 is 23.2 Å². The van der Waals surface area contributed by atoms with E-state index in [0.717, 1.165) is 12.8 Å². The topological polar surface area (TPSA) is 92.6 Å². The zero-order valence-corrected chi connectivity index (χ0v) is 19.8. The van der Waals surface area contributed by atoms with Gasteiger partial charge in [0.25, 0.3) is 5.91 Å². The maximum atomic E-state index is 13.6. The molecule has 1 aromatic carbocycles. The van der Waals surface area contributed by atoms with E-state index in [9.17, 15) is 14.0 Å². The predicted molar refractivity (Wildman–Crippen MR) is 127 cm³/mol. The number of halogens is 3. The summed E-state index contributed by atoms with van der Waals surface area (Å²) in [6, 6.07) is 7.44. The average Bonchev–Trinajstić information content (AvgIpc) is 2.77. The van der Waals surface area contributed by atoms with Gasteiger partial charge < -0.3 is 14.7 Å². The first kappa shape index (κ1) is 24.2. The molecule has 0 saturated carbocycles. The largest absolute Gasteiger partial charge is 0.481 e. The summed E-state index contributed by atoms with van der Waals surface area (Å²) in [5, 5.41) is 10.0. The smallest absolute Gasteiger partial charge is 0.303 e. The number of aliphatic carboxylic acids is 1. The lowest BCUT2D eigenvalue weighted by Gasteiger charge is -2.33. The van der Waals surface area contributed by atoms with Crippen LogP contribution in [0.3, 0.4) is 0 Å². The van der Waals surface area contributed by atoms with Gasteiger partial charge in [-0.15, -0.1) is 0 Å². The van der Waals surface area contributed by atoms with Gasteiger partial charge in [0.1, 0.15) is 5.82 Å². The second kappa shape index (κ2) is 10.1. The number of ether oxygens (including phenoxy) is 1. The Balaban J connectivity index is 1.54. The number of carboxylic acid groups (broad SMARTS) is 1. The number of carbonyl (C=O) groups is 2. The van der Waals surface area contributed by atoms with E-state index in [1.54, 1.807) is 30.0 Å². The third-order valence-electron chi connectivity index (χ3n) is 5.79. The lowest BCUT2D eigenvalue weighted by Crippen LogP contribution is -2.46. The van der Waals surface area contributed by atoms with Crippen LogP contribution in [0.5, 0.6) is 5.88 Å².